The van der Waals surface area contributed by atoms with E-state index in [1.165, 1.54) is 51.4 Å². The van der Waals surface area contributed by atoms with Crippen molar-refractivity contribution in [2.75, 3.05) is 13.1 Å². The van der Waals surface area contributed by atoms with Crippen LogP contribution in [0.4, 0.5) is 0 Å². The third-order valence-corrected chi connectivity index (χ3v) is 3.77. The van der Waals surface area contributed by atoms with Crippen molar-refractivity contribution >= 4 is 0 Å². The third-order valence-electron chi connectivity index (χ3n) is 3.77. The largest absolute Gasteiger partial charge is 0.330 e. The van der Waals surface area contributed by atoms with E-state index in [-0.39, 0.29) is 0 Å². The van der Waals surface area contributed by atoms with E-state index in [0.29, 0.717) is 0 Å². The minimum Gasteiger partial charge on any atom is -0.330 e. The summed E-state index contributed by atoms with van der Waals surface area (Å²) in [6.07, 6.45) is 10.4. The molecule has 0 aliphatic rings. The molecule has 16 heavy (non-hydrogen) atoms. The Balaban J connectivity index is 3.81. The Kier molecular flexibility index (Phi) is 11.3. The van der Waals surface area contributed by atoms with Crippen molar-refractivity contribution in [2.24, 2.45) is 23.3 Å². The maximum absolute atomic E-state index is 5.60. The summed E-state index contributed by atoms with van der Waals surface area (Å²) < 4.78 is 0. The van der Waals surface area contributed by atoms with Crippen molar-refractivity contribution in [1.29, 1.82) is 0 Å². The zero-order chi connectivity index (χ0) is 12.2. The zero-order valence-corrected chi connectivity index (χ0v) is 11.4. The second-order valence-corrected chi connectivity index (χ2v) is 4.91. The van der Waals surface area contributed by atoms with E-state index in [4.69, 9.17) is 11.5 Å². The van der Waals surface area contributed by atoms with Crippen molar-refractivity contribution in [3.05, 3.63) is 0 Å². The van der Waals surface area contributed by atoms with Crippen LogP contribution in [0.1, 0.15) is 65.2 Å². The number of hydrogen-bond donors (Lipinski definition) is 2. The molecule has 0 bridgehead atoms. The highest BCUT2D eigenvalue weighted by Crippen LogP contribution is 2.28. The first kappa shape index (κ1) is 15.9. The van der Waals surface area contributed by atoms with Gasteiger partial charge in [0.05, 0.1) is 0 Å². The highest BCUT2D eigenvalue weighted by molar-refractivity contribution is 4.69. The predicted molar refractivity (Wildman–Crippen MR) is 73.4 cm³/mol. The molecule has 2 heteroatoms. The van der Waals surface area contributed by atoms with Gasteiger partial charge in [-0.1, -0.05) is 46.0 Å². The average molecular weight is 228 g/mol. The quantitative estimate of drug-likeness (QED) is 0.533. The summed E-state index contributed by atoms with van der Waals surface area (Å²) in [5.74, 6) is 1.81. The SMILES string of the molecule is CCC(CCCN)C(CC)CCCCCN. The Morgan fingerprint density at radius 1 is 0.688 bits per heavy atom. The van der Waals surface area contributed by atoms with Crippen LogP contribution in [0.5, 0.6) is 0 Å². The number of rotatable bonds is 11. The molecule has 0 aromatic heterocycles. The maximum atomic E-state index is 5.60. The molecule has 98 valence electrons. The lowest BCUT2D eigenvalue weighted by atomic mass is 9.81. The van der Waals surface area contributed by atoms with Gasteiger partial charge in [-0.25, -0.2) is 0 Å². The van der Waals surface area contributed by atoms with Gasteiger partial charge in [0, 0.05) is 0 Å². The van der Waals surface area contributed by atoms with Gasteiger partial charge in [0.2, 0.25) is 0 Å². The minimum atomic E-state index is 0.847. The molecule has 0 aliphatic heterocycles. The molecule has 2 nitrogen and oxygen atoms in total. The standard InChI is InChI=1S/C14H32N2/c1-3-13(9-6-5-7-11-15)14(4-2)10-8-12-16/h13-14H,3-12,15-16H2,1-2H3. The van der Waals surface area contributed by atoms with Gasteiger partial charge in [-0.05, 0) is 44.2 Å². The van der Waals surface area contributed by atoms with Gasteiger partial charge in [0.25, 0.3) is 0 Å². The van der Waals surface area contributed by atoms with Crippen LogP contribution in [-0.2, 0) is 0 Å². The first-order valence-electron chi connectivity index (χ1n) is 7.20. The molecule has 0 saturated heterocycles. The van der Waals surface area contributed by atoms with Gasteiger partial charge < -0.3 is 11.5 Å². The minimum absolute atomic E-state index is 0.847. The highest BCUT2D eigenvalue weighted by Gasteiger charge is 2.17. The van der Waals surface area contributed by atoms with E-state index in [0.717, 1.165) is 24.9 Å². The first-order chi connectivity index (χ1) is 7.79. The molecule has 0 rings (SSSR count). The van der Waals surface area contributed by atoms with E-state index in [2.05, 4.69) is 13.8 Å². The van der Waals surface area contributed by atoms with Gasteiger partial charge in [0.15, 0.2) is 0 Å². The van der Waals surface area contributed by atoms with E-state index >= 15 is 0 Å². The lowest BCUT2D eigenvalue weighted by Crippen LogP contribution is -2.15. The Morgan fingerprint density at radius 3 is 1.62 bits per heavy atom. The van der Waals surface area contributed by atoms with Crippen LogP contribution in [0.15, 0.2) is 0 Å². The number of unbranched alkanes of at least 4 members (excludes halogenated alkanes) is 2. The summed E-state index contributed by atoms with van der Waals surface area (Å²) in [7, 11) is 0. The summed E-state index contributed by atoms with van der Waals surface area (Å²) in [6, 6.07) is 0. The second-order valence-electron chi connectivity index (χ2n) is 4.91. The van der Waals surface area contributed by atoms with E-state index < -0.39 is 0 Å². The van der Waals surface area contributed by atoms with E-state index in [1.54, 1.807) is 0 Å². The third kappa shape index (κ3) is 7.24. The second kappa shape index (κ2) is 11.4. The molecule has 0 saturated carbocycles. The molecule has 2 unspecified atom stereocenters. The van der Waals surface area contributed by atoms with Crippen molar-refractivity contribution in [1.82, 2.24) is 0 Å². The van der Waals surface area contributed by atoms with E-state index in [9.17, 15) is 0 Å². The predicted octanol–water partition coefficient (Wildman–Crippen LogP) is 3.30. The summed E-state index contributed by atoms with van der Waals surface area (Å²) in [5.41, 5.74) is 11.1. The zero-order valence-electron chi connectivity index (χ0n) is 11.4. The Morgan fingerprint density at radius 2 is 1.19 bits per heavy atom. The fourth-order valence-electron chi connectivity index (χ4n) is 2.65. The van der Waals surface area contributed by atoms with E-state index in [1.807, 2.05) is 0 Å². The van der Waals surface area contributed by atoms with Gasteiger partial charge in [-0.3, -0.25) is 0 Å². The summed E-state index contributed by atoms with van der Waals surface area (Å²) in [4.78, 5) is 0. The summed E-state index contributed by atoms with van der Waals surface area (Å²) in [5, 5.41) is 0. The summed E-state index contributed by atoms with van der Waals surface area (Å²) in [6.45, 7) is 6.35. The Hall–Kier alpha value is -0.0800. The molecular formula is C14H32N2. The van der Waals surface area contributed by atoms with Crippen LogP contribution in [0, 0.1) is 11.8 Å². The van der Waals surface area contributed by atoms with Crippen molar-refractivity contribution < 1.29 is 0 Å². The van der Waals surface area contributed by atoms with Crippen LogP contribution in [0.2, 0.25) is 0 Å². The lowest BCUT2D eigenvalue weighted by Gasteiger charge is -2.25. The molecule has 0 radical (unpaired) electrons. The molecule has 2 atom stereocenters. The molecular weight excluding hydrogens is 196 g/mol. The monoisotopic (exact) mass is 228 g/mol. The molecule has 0 aromatic rings. The maximum Gasteiger partial charge on any atom is -0.00772 e. The molecule has 0 aromatic carbocycles. The molecule has 0 spiro atoms. The fraction of sp³-hybridized carbons (Fsp3) is 1.00. The van der Waals surface area contributed by atoms with Gasteiger partial charge in [-0.15, -0.1) is 0 Å². The summed E-state index contributed by atoms with van der Waals surface area (Å²) >= 11 is 0. The van der Waals surface area contributed by atoms with Crippen LogP contribution in [-0.4, -0.2) is 13.1 Å². The van der Waals surface area contributed by atoms with Crippen LogP contribution < -0.4 is 11.5 Å². The van der Waals surface area contributed by atoms with Crippen LogP contribution in [0.25, 0.3) is 0 Å². The molecule has 4 N–H and O–H groups in total. The van der Waals surface area contributed by atoms with Crippen molar-refractivity contribution in [3.63, 3.8) is 0 Å². The Labute approximate surface area is 102 Å². The molecule has 0 amide bonds. The van der Waals surface area contributed by atoms with Crippen LogP contribution in [0.3, 0.4) is 0 Å². The topological polar surface area (TPSA) is 52.0 Å². The average Bonchev–Trinajstić information content (AvgIpc) is 2.32. The van der Waals surface area contributed by atoms with Gasteiger partial charge in [-0.2, -0.15) is 0 Å². The fourth-order valence-corrected chi connectivity index (χ4v) is 2.65. The Bertz CT molecular complexity index is 137. The molecule has 0 heterocycles. The first-order valence-corrected chi connectivity index (χ1v) is 7.20. The normalized spacial score (nSPS) is 15.0. The number of hydrogen-bond acceptors (Lipinski definition) is 2. The number of nitrogens with two attached hydrogens (primary N) is 2. The smallest absolute Gasteiger partial charge is 0.00772 e. The molecule has 0 fully saturated rings. The lowest BCUT2D eigenvalue weighted by molar-refractivity contribution is 0.267. The van der Waals surface area contributed by atoms with Crippen LogP contribution >= 0.6 is 0 Å². The molecule has 0 aliphatic carbocycles. The van der Waals surface area contributed by atoms with Gasteiger partial charge in [0.1, 0.15) is 0 Å². The van der Waals surface area contributed by atoms with Gasteiger partial charge >= 0.3 is 0 Å². The van der Waals surface area contributed by atoms with Crippen molar-refractivity contribution in [2.45, 2.75) is 65.2 Å². The van der Waals surface area contributed by atoms with Crippen molar-refractivity contribution in [3.8, 4) is 0 Å². The highest BCUT2D eigenvalue weighted by atomic mass is 14.5.